The van der Waals surface area contributed by atoms with Crippen LogP contribution in [0, 0.1) is 0 Å². The average Bonchev–Trinajstić information content (AvgIpc) is 3.45. The van der Waals surface area contributed by atoms with E-state index in [-0.39, 0.29) is 18.5 Å². The van der Waals surface area contributed by atoms with Gasteiger partial charge in [-0.2, -0.15) is 0 Å². The van der Waals surface area contributed by atoms with Crippen LogP contribution in [-0.2, 0) is 14.3 Å². The molecule has 468 valence electrons. The Balaban J connectivity index is 3.30. The highest BCUT2D eigenvalue weighted by atomic mass is 16.5. The Hall–Kier alpha value is -1.66. The highest BCUT2D eigenvalue weighted by Gasteiger charge is 2.18. The fourth-order valence-corrected chi connectivity index (χ4v) is 11.5. The summed E-state index contributed by atoms with van der Waals surface area (Å²) in [5, 5.41) is 23.1. The average molecular weight is 1110 g/mol. The van der Waals surface area contributed by atoms with Gasteiger partial charge in [0.15, 0.2) is 0 Å². The topological polar surface area (TPSA) is 95.9 Å². The van der Waals surface area contributed by atoms with Gasteiger partial charge >= 0.3 is 5.97 Å². The maximum Gasteiger partial charge on any atom is 0.305 e. The van der Waals surface area contributed by atoms with Gasteiger partial charge in [0.25, 0.3) is 0 Å². The fraction of sp³-hybridized carbons (Fsp3) is 0.918. The lowest BCUT2D eigenvalue weighted by atomic mass is 10.0. The number of rotatable bonds is 68. The van der Waals surface area contributed by atoms with Crippen LogP contribution in [0.2, 0.25) is 0 Å². The third-order valence-electron chi connectivity index (χ3n) is 17.0. The molecule has 0 aliphatic rings. The van der Waals surface area contributed by atoms with Crippen LogP contribution in [0.5, 0.6) is 0 Å². The second-order valence-corrected chi connectivity index (χ2v) is 24.9. The second kappa shape index (κ2) is 68.8. The van der Waals surface area contributed by atoms with E-state index in [4.69, 9.17) is 4.74 Å². The number of carbonyl (C=O) groups excluding carboxylic acids is 2. The standard InChI is InChI=1S/C73H141NO5/c1-3-5-7-9-11-13-15-16-17-18-37-40-43-47-51-55-59-63-67-73(78)79-68-64-60-56-52-48-44-41-38-35-33-31-29-27-25-23-21-19-20-22-24-26-28-30-32-34-36-39-42-46-50-54-58-62-66-72(77)74-70(69-75)71(76)65-61-57-53-49-45-14-12-10-8-6-4-2/h17-18,61,65,70-71,75-76H,3-16,19-60,62-64,66-69H2,1-2H3,(H,74,77)/b18-17-,65-61+. The van der Waals surface area contributed by atoms with E-state index in [1.165, 1.54) is 340 Å². The number of carbonyl (C=O) groups is 2. The predicted molar refractivity (Wildman–Crippen MR) is 347 cm³/mol. The van der Waals surface area contributed by atoms with Crippen LogP contribution in [0.1, 0.15) is 406 Å². The Labute approximate surface area is 494 Å². The van der Waals surface area contributed by atoms with Gasteiger partial charge in [0.2, 0.25) is 5.91 Å². The second-order valence-electron chi connectivity index (χ2n) is 24.9. The minimum Gasteiger partial charge on any atom is -0.466 e. The molecule has 2 atom stereocenters. The van der Waals surface area contributed by atoms with Crippen LogP contribution >= 0.6 is 0 Å². The molecule has 0 heterocycles. The highest BCUT2D eigenvalue weighted by molar-refractivity contribution is 5.76. The van der Waals surface area contributed by atoms with Gasteiger partial charge in [-0.1, -0.05) is 359 Å². The maximum atomic E-state index is 12.4. The fourth-order valence-electron chi connectivity index (χ4n) is 11.5. The third-order valence-corrected chi connectivity index (χ3v) is 17.0. The monoisotopic (exact) mass is 1110 g/mol. The van der Waals surface area contributed by atoms with Gasteiger partial charge in [-0.25, -0.2) is 0 Å². The third kappa shape index (κ3) is 65.4. The lowest BCUT2D eigenvalue weighted by Crippen LogP contribution is -2.45. The zero-order valence-electron chi connectivity index (χ0n) is 53.6. The number of nitrogens with one attached hydrogen (secondary N) is 1. The van der Waals surface area contributed by atoms with Gasteiger partial charge < -0.3 is 20.3 Å². The lowest BCUT2D eigenvalue weighted by Gasteiger charge is -2.20. The number of hydrogen-bond acceptors (Lipinski definition) is 5. The molecule has 0 aliphatic heterocycles. The molecule has 79 heavy (non-hydrogen) atoms. The minimum atomic E-state index is -0.839. The van der Waals surface area contributed by atoms with Gasteiger partial charge in [-0.05, 0) is 57.8 Å². The molecule has 0 fully saturated rings. The van der Waals surface area contributed by atoms with Crippen LogP contribution in [0.4, 0.5) is 0 Å². The molecule has 6 heteroatoms. The number of esters is 1. The van der Waals surface area contributed by atoms with Crippen LogP contribution in [0.15, 0.2) is 24.3 Å². The zero-order valence-corrected chi connectivity index (χ0v) is 53.6. The van der Waals surface area contributed by atoms with Crippen molar-refractivity contribution in [1.29, 1.82) is 0 Å². The van der Waals surface area contributed by atoms with Crippen LogP contribution in [-0.4, -0.2) is 47.4 Å². The van der Waals surface area contributed by atoms with Crippen molar-refractivity contribution >= 4 is 11.9 Å². The van der Waals surface area contributed by atoms with Crippen molar-refractivity contribution in [2.24, 2.45) is 0 Å². The van der Waals surface area contributed by atoms with Gasteiger partial charge in [-0.15, -0.1) is 0 Å². The highest BCUT2D eigenvalue weighted by Crippen LogP contribution is 2.19. The normalized spacial score (nSPS) is 12.6. The van der Waals surface area contributed by atoms with Crippen molar-refractivity contribution in [2.45, 2.75) is 418 Å². The summed E-state index contributed by atoms with van der Waals surface area (Å²) < 4.78 is 5.51. The number of amides is 1. The number of ether oxygens (including phenoxy) is 1. The van der Waals surface area contributed by atoms with Crippen molar-refractivity contribution in [3.05, 3.63) is 24.3 Å². The SMILES string of the molecule is CCCCCCCCC/C=C\CCCCCCCCCC(=O)OCCCCCCCCCCCCCCCCCCCCCCCCCCCCCCCCCCCC(=O)NC(CO)C(O)/C=C/CCCCCCCCCCC. The van der Waals surface area contributed by atoms with Crippen molar-refractivity contribution in [3.8, 4) is 0 Å². The van der Waals surface area contributed by atoms with E-state index in [1.807, 2.05) is 6.08 Å². The van der Waals surface area contributed by atoms with E-state index in [2.05, 4.69) is 31.3 Å². The molecule has 1 amide bonds. The van der Waals surface area contributed by atoms with Crippen molar-refractivity contribution in [3.63, 3.8) is 0 Å². The molecule has 0 aromatic rings. The quantitative estimate of drug-likeness (QED) is 0.0320. The number of allylic oxidation sites excluding steroid dienone is 3. The summed E-state index contributed by atoms with van der Waals surface area (Å²) >= 11 is 0. The Morgan fingerprint density at radius 1 is 0.342 bits per heavy atom. The molecule has 0 rings (SSSR count). The van der Waals surface area contributed by atoms with Gasteiger partial charge in [0, 0.05) is 12.8 Å². The van der Waals surface area contributed by atoms with Crippen LogP contribution in [0.25, 0.3) is 0 Å². The summed E-state index contributed by atoms with van der Waals surface area (Å²) in [7, 11) is 0. The summed E-state index contributed by atoms with van der Waals surface area (Å²) in [6.45, 7) is 4.92. The lowest BCUT2D eigenvalue weighted by molar-refractivity contribution is -0.143. The molecule has 0 aliphatic carbocycles. The van der Waals surface area contributed by atoms with E-state index in [0.717, 1.165) is 38.5 Å². The molecule has 2 unspecified atom stereocenters. The summed E-state index contributed by atoms with van der Waals surface area (Å²) in [6.07, 6.45) is 87.1. The van der Waals surface area contributed by atoms with Crippen molar-refractivity contribution < 1.29 is 24.5 Å². The summed E-state index contributed by atoms with van der Waals surface area (Å²) in [6, 6.07) is -0.622. The number of unbranched alkanes of at least 4 members (excludes halogenated alkanes) is 55. The smallest absolute Gasteiger partial charge is 0.305 e. The Morgan fingerprint density at radius 3 is 0.899 bits per heavy atom. The molecular weight excluding hydrogens is 971 g/mol. The number of aliphatic hydroxyl groups is 2. The van der Waals surface area contributed by atoms with E-state index in [9.17, 15) is 19.8 Å². The van der Waals surface area contributed by atoms with E-state index < -0.39 is 12.1 Å². The molecule has 0 saturated carbocycles. The molecule has 0 saturated heterocycles. The van der Waals surface area contributed by atoms with Crippen LogP contribution < -0.4 is 5.32 Å². The summed E-state index contributed by atoms with van der Waals surface area (Å²) in [5.74, 6) is -0.0435. The molecule has 0 aromatic heterocycles. The van der Waals surface area contributed by atoms with Crippen LogP contribution in [0.3, 0.4) is 0 Å². The van der Waals surface area contributed by atoms with Gasteiger partial charge in [-0.3, -0.25) is 9.59 Å². The van der Waals surface area contributed by atoms with Crippen molar-refractivity contribution in [2.75, 3.05) is 13.2 Å². The number of aliphatic hydroxyl groups excluding tert-OH is 2. The first-order valence-corrected chi connectivity index (χ1v) is 36.1. The molecule has 0 radical (unpaired) electrons. The Bertz CT molecular complexity index is 1230. The Morgan fingerprint density at radius 2 is 0.595 bits per heavy atom. The van der Waals surface area contributed by atoms with E-state index in [0.29, 0.717) is 19.4 Å². The first kappa shape index (κ1) is 77.3. The molecule has 6 nitrogen and oxygen atoms in total. The first-order valence-electron chi connectivity index (χ1n) is 36.1. The summed E-state index contributed by atoms with van der Waals surface area (Å²) in [5.41, 5.74) is 0. The minimum absolute atomic E-state index is 0.0191. The first-order chi connectivity index (χ1) is 39.0. The van der Waals surface area contributed by atoms with Gasteiger partial charge in [0.05, 0.1) is 25.4 Å². The van der Waals surface area contributed by atoms with Crippen molar-refractivity contribution in [1.82, 2.24) is 5.32 Å². The predicted octanol–water partition coefficient (Wildman–Crippen LogP) is 23.3. The zero-order chi connectivity index (χ0) is 57.1. The maximum absolute atomic E-state index is 12.4. The van der Waals surface area contributed by atoms with E-state index in [1.54, 1.807) is 6.08 Å². The molecule has 0 aromatic carbocycles. The largest absolute Gasteiger partial charge is 0.466 e. The van der Waals surface area contributed by atoms with Gasteiger partial charge in [0.1, 0.15) is 0 Å². The Kier molecular flexibility index (Phi) is 67.4. The van der Waals surface area contributed by atoms with E-state index >= 15 is 0 Å². The molecular formula is C73H141NO5. The molecule has 3 N–H and O–H groups in total. The summed E-state index contributed by atoms with van der Waals surface area (Å²) in [4.78, 5) is 24.5. The molecule has 0 bridgehead atoms. The number of hydrogen-bond donors (Lipinski definition) is 3. The molecule has 0 spiro atoms.